The molecule has 0 radical (unpaired) electrons. The highest BCUT2D eigenvalue weighted by molar-refractivity contribution is 6.39. The molecule has 0 spiro atoms. The van der Waals surface area contributed by atoms with E-state index in [1.165, 1.54) is 6.08 Å². The Morgan fingerprint density at radius 2 is 1.83 bits per heavy atom. The van der Waals surface area contributed by atoms with Crippen LogP contribution in [-0.2, 0) is 9.59 Å². The van der Waals surface area contributed by atoms with E-state index in [0.717, 1.165) is 10.5 Å². The Morgan fingerprint density at radius 3 is 2.53 bits per heavy atom. The van der Waals surface area contributed by atoms with Crippen LogP contribution in [0, 0.1) is 6.92 Å². The van der Waals surface area contributed by atoms with E-state index in [1.807, 2.05) is 6.92 Å². The molecule has 1 saturated heterocycles. The second-order valence-corrected chi connectivity index (χ2v) is 6.48. The van der Waals surface area contributed by atoms with Crippen molar-refractivity contribution in [1.82, 2.24) is 5.32 Å². The predicted molar refractivity (Wildman–Crippen MR) is 113 cm³/mol. The lowest BCUT2D eigenvalue weighted by atomic mass is 10.1. The Hall–Kier alpha value is -3.87. The summed E-state index contributed by atoms with van der Waals surface area (Å²) >= 11 is 0. The van der Waals surface area contributed by atoms with E-state index in [0.29, 0.717) is 36.0 Å². The minimum Gasteiger partial charge on any atom is -0.490 e. The molecule has 0 aromatic heterocycles. The van der Waals surface area contributed by atoms with E-state index >= 15 is 0 Å². The summed E-state index contributed by atoms with van der Waals surface area (Å²) in [5.41, 5.74) is 1.56. The minimum absolute atomic E-state index is 0.153. The number of ether oxygens (including phenoxy) is 2. The summed E-state index contributed by atoms with van der Waals surface area (Å²) in [6.07, 6.45) is 3.04. The summed E-state index contributed by atoms with van der Waals surface area (Å²) in [6, 6.07) is 11.2. The second kappa shape index (κ2) is 9.09. The molecule has 0 saturated carbocycles. The van der Waals surface area contributed by atoms with Gasteiger partial charge in [0, 0.05) is 0 Å². The molecule has 154 valence electrons. The van der Waals surface area contributed by atoms with E-state index in [-0.39, 0.29) is 5.57 Å². The number of benzene rings is 2. The van der Waals surface area contributed by atoms with Gasteiger partial charge in [0.15, 0.2) is 11.5 Å². The number of rotatable bonds is 7. The van der Waals surface area contributed by atoms with Gasteiger partial charge >= 0.3 is 6.03 Å². The van der Waals surface area contributed by atoms with Gasteiger partial charge in [-0.15, -0.1) is 0 Å². The standard InChI is InChI=1S/C23H22N2O5/c1-4-12-30-19-11-10-16(14-20(19)29-5-2)13-17-21(26)24-23(28)25(22(17)27)18-9-7-6-8-15(18)3/h4,6-11,13-14H,1,5,12H2,2-3H3,(H,24,26,28)/b17-13+. The maximum Gasteiger partial charge on any atom is 0.335 e. The molecule has 30 heavy (non-hydrogen) atoms. The minimum atomic E-state index is -0.778. The fourth-order valence-electron chi connectivity index (χ4n) is 3.01. The topological polar surface area (TPSA) is 84.9 Å². The predicted octanol–water partition coefficient (Wildman–Crippen LogP) is 3.62. The van der Waals surface area contributed by atoms with Crippen molar-refractivity contribution in [2.45, 2.75) is 13.8 Å². The number of barbiturate groups is 1. The third-order valence-electron chi connectivity index (χ3n) is 4.39. The molecule has 1 fully saturated rings. The summed E-state index contributed by atoms with van der Waals surface area (Å²) in [5.74, 6) is -0.443. The number of carbonyl (C=O) groups is 3. The highest BCUT2D eigenvalue weighted by Gasteiger charge is 2.37. The van der Waals surface area contributed by atoms with Crippen molar-refractivity contribution >= 4 is 29.6 Å². The first-order chi connectivity index (χ1) is 14.5. The molecule has 0 aliphatic carbocycles. The molecule has 7 nitrogen and oxygen atoms in total. The Balaban J connectivity index is 1.99. The van der Waals surface area contributed by atoms with Crippen LogP contribution in [0.1, 0.15) is 18.1 Å². The van der Waals surface area contributed by atoms with E-state index in [2.05, 4.69) is 11.9 Å². The zero-order valence-electron chi connectivity index (χ0n) is 16.8. The van der Waals surface area contributed by atoms with E-state index < -0.39 is 17.8 Å². The molecular formula is C23H22N2O5. The van der Waals surface area contributed by atoms with Crippen molar-refractivity contribution in [3.05, 3.63) is 71.8 Å². The molecule has 2 aromatic carbocycles. The summed E-state index contributed by atoms with van der Waals surface area (Å²) in [6.45, 7) is 7.97. The number of carbonyl (C=O) groups excluding carboxylic acids is 3. The maximum atomic E-state index is 13.0. The first kappa shape index (κ1) is 20.9. The number of urea groups is 1. The Morgan fingerprint density at radius 1 is 1.07 bits per heavy atom. The summed E-state index contributed by atoms with van der Waals surface area (Å²) in [7, 11) is 0. The molecule has 3 rings (SSSR count). The zero-order valence-corrected chi connectivity index (χ0v) is 16.8. The molecular weight excluding hydrogens is 384 g/mol. The fourth-order valence-corrected chi connectivity index (χ4v) is 3.01. The van der Waals surface area contributed by atoms with Gasteiger partial charge in [0.2, 0.25) is 0 Å². The SMILES string of the molecule is C=CCOc1ccc(/C=C2\C(=O)NC(=O)N(c3ccccc3C)C2=O)cc1OCC. The third kappa shape index (κ3) is 4.25. The lowest BCUT2D eigenvalue weighted by Crippen LogP contribution is -2.54. The van der Waals surface area contributed by atoms with Crippen molar-refractivity contribution in [1.29, 1.82) is 0 Å². The molecule has 1 heterocycles. The number of aryl methyl sites for hydroxylation is 1. The molecule has 2 aromatic rings. The highest BCUT2D eigenvalue weighted by Crippen LogP contribution is 2.30. The van der Waals surface area contributed by atoms with Crippen molar-refractivity contribution in [3.63, 3.8) is 0 Å². The largest absolute Gasteiger partial charge is 0.490 e. The van der Waals surface area contributed by atoms with E-state index in [4.69, 9.17) is 9.47 Å². The Bertz CT molecular complexity index is 1040. The number of amides is 4. The summed E-state index contributed by atoms with van der Waals surface area (Å²) < 4.78 is 11.2. The van der Waals surface area contributed by atoms with Crippen molar-refractivity contribution in [2.24, 2.45) is 0 Å². The van der Waals surface area contributed by atoms with Crippen LogP contribution in [0.4, 0.5) is 10.5 Å². The lowest BCUT2D eigenvalue weighted by Gasteiger charge is -2.27. The second-order valence-electron chi connectivity index (χ2n) is 6.48. The first-order valence-electron chi connectivity index (χ1n) is 9.44. The van der Waals surface area contributed by atoms with Crippen LogP contribution in [0.3, 0.4) is 0 Å². The van der Waals surface area contributed by atoms with Crippen molar-refractivity contribution in [2.75, 3.05) is 18.1 Å². The van der Waals surface area contributed by atoms with Crippen LogP contribution in [0.25, 0.3) is 6.08 Å². The zero-order chi connectivity index (χ0) is 21.7. The highest BCUT2D eigenvalue weighted by atomic mass is 16.5. The first-order valence-corrected chi connectivity index (χ1v) is 9.44. The Labute approximate surface area is 174 Å². The lowest BCUT2D eigenvalue weighted by molar-refractivity contribution is -0.122. The molecule has 0 unspecified atom stereocenters. The third-order valence-corrected chi connectivity index (χ3v) is 4.39. The Kier molecular flexibility index (Phi) is 6.32. The molecule has 0 bridgehead atoms. The fraction of sp³-hybridized carbons (Fsp3) is 0.174. The smallest absolute Gasteiger partial charge is 0.335 e. The number of para-hydroxylation sites is 1. The normalized spacial score (nSPS) is 15.2. The molecule has 0 atom stereocenters. The number of imide groups is 2. The number of nitrogens with one attached hydrogen (secondary N) is 1. The van der Waals surface area contributed by atoms with Gasteiger partial charge in [-0.1, -0.05) is 36.9 Å². The summed E-state index contributed by atoms with van der Waals surface area (Å²) in [4.78, 5) is 38.7. The molecule has 7 heteroatoms. The summed E-state index contributed by atoms with van der Waals surface area (Å²) in [5, 5.41) is 2.23. The maximum absolute atomic E-state index is 13.0. The molecule has 1 N–H and O–H groups in total. The molecule has 1 aliphatic rings. The van der Waals surface area contributed by atoms with Crippen LogP contribution >= 0.6 is 0 Å². The number of nitrogens with zero attached hydrogens (tertiary/aromatic N) is 1. The van der Waals surface area contributed by atoms with Gasteiger partial charge < -0.3 is 9.47 Å². The van der Waals surface area contributed by atoms with Crippen molar-refractivity contribution in [3.8, 4) is 11.5 Å². The van der Waals surface area contributed by atoms with Crippen LogP contribution in [0.2, 0.25) is 0 Å². The van der Waals surface area contributed by atoms with Gasteiger partial charge in [0.25, 0.3) is 11.8 Å². The molecule has 4 amide bonds. The van der Waals surface area contributed by atoms with Gasteiger partial charge in [-0.05, 0) is 49.2 Å². The van der Waals surface area contributed by atoms with Crippen molar-refractivity contribution < 1.29 is 23.9 Å². The average molecular weight is 406 g/mol. The number of anilines is 1. The average Bonchev–Trinajstić information content (AvgIpc) is 2.72. The van der Waals surface area contributed by atoms with E-state index in [9.17, 15) is 14.4 Å². The van der Waals surface area contributed by atoms with Gasteiger partial charge in [-0.2, -0.15) is 0 Å². The number of hydrogen-bond donors (Lipinski definition) is 1. The van der Waals surface area contributed by atoms with Gasteiger partial charge in [0.05, 0.1) is 12.3 Å². The monoisotopic (exact) mass is 406 g/mol. The van der Waals surface area contributed by atoms with Crippen LogP contribution in [0.15, 0.2) is 60.7 Å². The van der Waals surface area contributed by atoms with Crippen LogP contribution in [0.5, 0.6) is 11.5 Å². The van der Waals surface area contributed by atoms with Gasteiger partial charge in [0.1, 0.15) is 12.2 Å². The quantitative estimate of drug-likeness (QED) is 0.431. The molecule has 1 aliphatic heterocycles. The van der Waals surface area contributed by atoms with Gasteiger partial charge in [-0.25, -0.2) is 9.69 Å². The van der Waals surface area contributed by atoms with Crippen LogP contribution < -0.4 is 19.7 Å². The number of hydrogen-bond acceptors (Lipinski definition) is 5. The van der Waals surface area contributed by atoms with Gasteiger partial charge in [-0.3, -0.25) is 14.9 Å². The van der Waals surface area contributed by atoms with E-state index in [1.54, 1.807) is 55.5 Å². The van der Waals surface area contributed by atoms with Crippen LogP contribution in [-0.4, -0.2) is 31.1 Å².